The molecule has 2 aliphatic rings. The summed E-state index contributed by atoms with van der Waals surface area (Å²) in [5.74, 6) is 0. The van der Waals surface area contributed by atoms with Gasteiger partial charge in [0.15, 0.2) is 0 Å². The molecule has 4 heteroatoms. The SMILES string of the molecule is Cc1ccc(CCCn2c3c(c4cc(Cl)ccc42)C2CCC(C3)N2C)cn1. The van der Waals surface area contributed by atoms with Crippen molar-refractivity contribution in [2.75, 3.05) is 7.05 Å². The smallest absolute Gasteiger partial charge is 0.0487 e. The van der Waals surface area contributed by atoms with Gasteiger partial charge in [-0.2, -0.15) is 0 Å². The van der Waals surface area contributed by atoms with Crippen molar-refractivity contribution in [2.45, 2.75) is 57.7 Å². The maximum absolute atomic E-state index is 6.38. The fraction of sp³-hybridized carbons (Fsp3) is 0.435. The minimum atomic E-state index is 0.558. The molecule has 0 N–H and O–H groups in total. The highest BCUT2D eigenvalue weighted by atomic mass is 35.5. The maximum Gasteiger partial charge on any atom is 0.0487 e. The van der Waals surface area contributed by atoms with Crippen LogP contribution in [0.3, 0.4) is 0 Å². The van der Waals surface area contributed by atoms with Crippen molar-refractivity contribution in [3.05, 3.63) is 64.1 Å². The van der Waals surface area contributed by atoms with Crippen LogP contribution in [-0.2, 0) is 19.4 Å². The van der Waals surface area contributed by atoms with Crippen LogP contribution in [0.25, 0.3) is 10.9 Å². The second kappa shape index (κ2) is 6.65. The highest BCUT2D eigenvalue weighted by molar-refractivity contribution is 6.31. The molecule has 1 fully saturated rings. The van der Waals surface area contributed by atoms with E-state index in [1.165, 1.54) is 35.7 Å². The van der Waals surface area contributed by atoms with E-state index < -0.39 is 0 Å². The van der Waals surface area contributed by atoms with Crippen LogP contribution in [0.5, 0.6) is 0 Å². The Morgan fingerprint density at radius 2 is 2.07 bits per heavy atom. The Morgan fingerprint density at radius 3 is 2.89 bits per heavy atom. The van der Waals surface area contributed by atoms with Crippen molar-refractivity contribution in [1.29, 1.82) is 0 Å². The summed E-state index contributed by atoms with van der Waals surface area (Å²) in [5.41, 5.74) is 6.86. The fourth-order valence-electron chi connectivity index (χ4n) is 5.17. The molecule has 2 aliphatic heterocycles. The molecule has 0 aliphatic carbocycles. The first-order valence-corrected chi connectivity index (χ1v) is 10.4. The van der Waals surface area contributed by atoms with E-state index in [2.05, 4.69) is 45.8 Å². The summed E-state index contributed by atoms with van der Waals surface area (Å²) in [6.45, 7) is 3.10. The number of hydrogen-bond donors (Lipinski definition) is 0. The monoisotopic (exact) mass is 379 g/mol. The molecule has 2 bridgehead atoms. The Labute approximate surface area is 166 Å². The van der Waals surface area contributed by atoms with Gasteiger partial charge in [0, 0.05) is 58.6 Å². The number of likely N-dealkylation sites (N-methyl/N-ethyl adjacent to an activating group) is 1. The second-order valence-corrected chi connectivity index (χ2v) is 8.64. The van der Waals surface area contributed by atoms with Gasteiger partial charge in [0.2, 0.25) is 0 Å². The number of nitrogens with zero attached hydrogens (tertiary/aromatic N) is 3. The minimum absolute atomic E-state index is 0.558. The summed E-state index contributed by atoms with van der Waals surface area (Å²) in [7, 11) is 2.30. The third-order valence-corrected chi connectivity index (χ3v) is 6.83. The molecule has 2 unspecified atom stereocenters. The van der Waals surface area contributed by atoms with E-state index in [0.717, 1.165) is 30.1 Å². The first-order chi connectivity index (χ1) is 13.1. The van der Waals surface area contributed by atoms with Gasteiger partial charge in [-0.15, -0.1) is 0 Å². The first-order valence-electron chi connectivity index (χ1n) is 10.1. The summed E-state index contributed by atoms with van der Waals surface area (Å²) in [4.78, 5) is 7.02. The summed E-state index contributed by atoms with van der Waals surface area (Å²) in [6.07, 6.45) is 7.98. The molecule has 2 atom stereocenters. The van der Waals surface area contributed by atoms with E-state index in [4.69, 9.17) is 11.6 Å². The number of fused-ring (bicyclic) bond motifs is 6. The number of rotatable bonds is 4. The van der Waals surface area contributed by atoms with E-state index in [9.17, 15) is 0 Å². The van der Waals surface area contributed by atoms with Gasteiger partial charge >= 0.3 is 0 Å². The quantitative estimate of drug-likeness (QED) is 0.611. The average molecular weight is 380 g/mol. The molecule has 3 nitrogen and oxygen atoms in total. The van der Waals surface area contributed by atoms with Crippen LogP contribution in [0.15, 0.2) is 36.5 Å². The van der Waals surface area contributed by atoms with Gasteiger partial charge < -0.3 is 4.57 Å². The Morgan fingerprint density at radius 1 is 1.19 bits per heavy atom. The number of pyridine rings is 1. The number of halogens is 1. The van der Waals surface area contributed by atoms with Gasteiger partial charge in [0.05, 0.1) is 0 Å². The highest BCUT2D eigenvalue weighted by Crippen LogP contribution is 2.47. The maximum atomic E-state index is 6.38. The molecule has 3 aromatic rings. The largest absolute Gasteiger partial charge is 0.344 e. The standard InChI is InChI=1S/C23H26ClN3/c1-15-5-6-16(14-25-15)4-3-11-27-20-9-7-17(24)12-19(20)23-21-10-8-18(26(21)2)13-22(23)27/h5-7,9,12,14,18,21H,3-4,8,10-11,13H2,1-2H3. The van der Waals surface area contributed by atoms with Gasteiger partial charge in [0.1, 0.15) is 0 Å². The fourth-order valence-corrected chi connectivity index (χ4v) is 5.34. The van der Waals surface area contributed by atoms with Crippen LogP contribution < -0.4 is 0 Å². The van der Waals surface area contributed by atoms with Gasteiger partial charge in [-0.1, -0.05) is 17.7 Å². The Bertz CT molecular complexity index is 989. The Kier molecular flexibility index (Phi) is 4.25. The summed E-state index contributed by atoms with van der Waals surface area (Å²) >= 11 is 6.38. The van der Waals surface area contributed by atoms with Crippen molar-refractivity contribution in [1.82, 2.24) is 14.5 Å². The lowest BCUT2D eigenvalue weighted by Crippen LogP contribution is -2.34. The van der Waals surface area contributed by atoms with Crippen molar-refractivity contribution in [3.8, 4) is 0 Å². The lowest BCUT2D eigenvalue weighted by molar-refractivity contribution is 0.222. The molecule has 2 aromatic heterocycles. The van der Waals surface area contributed by atoms with E-state index in [0.29, 0.717) is 12.1 Å². The molecule has 0 saturated carbocycles. The van der Waals surface area contributed by atoms with Crippen LogP contribution in [0.4, 0.5) is 0 Å². The summed E-state index contributed by atoms with van der Waals surface area (Å²) in [5, 5.41) is 2.21. The molecule has 0 amide bonds. The number of aromatic nitrogens is 2. The zero-order valence-corrected chi connectivity index (χ0v) is 16.8. The molecular weight excluding hydrogens is 354 g/mol. The molecule has 0 spiro atoms. The number of hydrogen-bond acceptors (Lipinski definition) is 2. The first kappa shape index (κ1) is 17.3. The van der Waals surface area contributed by atoms with Gasteiger partial charge in [-0.05, 0) is 75.0 Å². The van der Waals surface area contributed by atoms with Crippen molar-refractivity contribution in [3.63, 3.8) is 0 Å². The molecule has 140 valence electrons. The minimum Gasteiger partial charge on any atom is -0.344 e. The lowest BCUT2D eigenvalue weighted by atomic mass is 9.97. The normalized spacial score (nSPS) is 21.7. The van der Waals surface area contributed by atoms with Crippen molar-refractivity contribution < 1.29 is 0 Å². The topological polar surface area (TPSA) is 21.1 Å². The van der Waals surface area contributed by atoms with Crippen LogP contribution in [0, 0.1) is 6.92 Å². The predicted octanol–water partition coefficient (Wildman–Crippen LogP) is 5.32. The van der Waals surface area contributed by atoms with Crippen LogP contribution >= 0.6 is 11.6 Å². The molecule has 4 heterocycles. The predicted molar refractivity (Wildman–Crippen MR) is 111 cm³/mol. The molecule has 0 radical (unpaired) electrons. The molecule has 1 aromatic carbocycles. The third kappa shape index (κ3) is 2.88. The third-order valence-electron chi connectivity index (χ3n) is 6.60. The van der Waals surface area contributed by atoms with E-state index in [1.54, 1.807) is 11.3 Å². The molecule has 5 rings (SSSR count). The molecule has 27 heavy (non-hydrogen) atoms. The second-order valence-electron chi connectivity index (χ2n) is 8.20. The number of aryl methyl sites for hydroxylation is 3. The van der Waals surface area contributed by atoms with Crippen molar-refractivity contribution >= 4 is 22.5 Å². The average Bonchev–Trinajstić information content (AvgIpc) is 3.07. The van der Waals surface area contributed by atoms with E-state index >= 15 is 0 Å². The lowest BCUT2D eigenvalue weighted by Gasteiger charge is -2.32. The summed E-state index contributed by atoms with van der Waals surface area (Å²) < 4.78 is 2.58. The van der Waals surface area contributed by atoms with Gasteiger partial charge in [-0.25, -0.2) is 0 Å². The van der Waals surface area contributed by atoms with Gasteiger partial charge in [-0.3, -0.25) is 9.88 Å². The zero-order chi connectivity index (χ0) is 18.5. The highest BCUT2D eigenvalue weighted by Gasteiger charge is 2.40. The van der Waals surface area contributed by atoms with Crippen LogP contribution in [0.2, 0.25) is 5.02 Å². The van der Waals surface area contributed by atoms with Gasteiger partial charge in [0.25, 0.3) is 0 Å². The van der Waals surface area contributed by atoms with E-state index in [1.807, 2.05) is 19.2 Å². The summed E-state index contributed by atoms with van der Waals surface area (Å²) in [6, 6.07) is 12.0. The number of benzene rings is 1. The Balaban J connectivity index is 1.49. The molecule has 1 saturated heterocycles. The van der Waals surface area contributed by atoms with E-state index in [-0.39, 0.29) is 0 Å². The Hall–Kier alpha value is -1.84. The zero-order valence-electron chi connectivity index (χ0n) is 16.1. The van der Waals surface area contributed by atoms with Crippen LogP contribution in [-0.4, -0.2) is 27.5 Å². The van der Waals surface area contributed by atoms with Crippen LogP contribution in [0.1, 0.15) is 47.8 Å². The molecular formula is C23H26ClN3. The van der Waals surface area contributed by atoms with Crippen molar-refractivity contribution in [2.24, 2.45) is 0 Å².